The van der Waals surface area contributed by atoms with Crippen LogP contribution in [0, 0.1) is 5.82 Å². The minimum absolute atomic E-state index is 0.0278. The van der Waals surface area contributed by atoms with Crippen LogP contribution in [0.2, 0.25) is 0 Å². The standard InChI is InChI=1S/C14H12FNO2/c1-18-13-7-4-6-11(14(13)15)12(17)9-10-5-2-3-8-16-10/h2-8H,9H2,1H3. The normalized spacial score (nSPS) is 10.1. The quantitative estimate of drug-likeness (QED) is 0.777. The van der Waals surface area contributed by atoms with Crippen LogP contribution in [-0.2, 0) is 6.42 Å². The van der Waals surface area contributed by atoms with Crippen molar-refractivity contribution in [1.82, 2.24) is 4.98 Å². The third kappa shape index (κ3) is 2.53. The molecule has 1 aromatic carbocycles. The molecule has 0 radical (unpaired) electrons. The van der Waals surface area contributed by atoms with Crippen molar-refractivity contribution in [1.29, 1.82) is 0 Å². The Hall–Kier alpha value is -2.23. The molecule has 2 aromatic rings. The molecule has 4 heteroatoms. The van der Waals surface area contributed by atoms with Crippen molar-refractivity contribution in [3.8, 4) is 5.75 Å². The molecule has 0 fully saturated rings. The van der Waals surface area contributed by atoms with E-state index >= 15 is 0 Å². The molecule has 2 rings (SSSR count). The van der Waals surface area contributed by atoms with Crippen LogP contribution in [-0.4, -0.2) is 17.9 Å². The van der Waals surface area contributed by atoms with Crippen molar-refractivity contribution in [3.63, 3.8) is 0 Å². The van der Waals surface area contributed by atoms with E-state index in [1.165, 1.54) is 19.2 Å². The molecule has 92 valence electrons. The molecule has 18 heavy (non-hydrogen) atoms. The largest absolute Gasteiger partial charge is 0.494 e. The average Bonchev–Trinajstić information content (AvgIpc) is 2.40. The molecule has 1 aromatic heterocycles. The number of hydrogen-bond acceptors (Lipinski definition) is 3. The van der Waals surface area contributed by atoms with E-state index in [9.17, 15) is 9.18 Å². The summed E-state index contributed by atoms with van der Waals surface area (Å²) in [4.78, 5) is 16.0. The monoisotopic (exact) mass is 245 g/mol. The van der Waals surface area contributed by atoms with Crippen molar-refractivity contribution in [2.45, 2.75) is 6.42 Å². The van der Waals surface area contributed by atoms with Gasteiger partial charge < -0.3 is 4.74 Å². The number of aromatic nitrogens is 1. The number of ketones is 1. The van der Waals surface area contributed by atoms with Crippen molar-refractivity contribution < 1.29 is 13.9 Å². The van der Waals surface area contributed by atoms with Gasteiger partial charge in [0.05, 0.1) is 19.1 Å². The van der Waals surface area contributed by atoms with E-state index < -0.39 is 5.82 Å². The number of carbonyl (C=O) groups excluding carboxylic acids is 1. The molecular weight excluding hydrogens is 233 g/mol. The predicted octanol–water partition coefficient (Wildman–Crippen LogP) is 2.65. The highest BCUT2D eigenvalue weighted by molar-refractivity contribution is 5.97. The summed E-state index contributed by atoms with van der Waals surface area (Å²) in [7, 11) is 1.37. The molecular formula is C14H12FNO2. The molecule has 0 saturated carbocycles. The lowest BCUT2D eigenvalue weighted by molar-refractivity contribution is 0.0987. The van der Waals surface area contributed by atoms with Gasteiger partial charge in [0.25, 0.3) is 0 Å². The number of methoxy groups -OCH3 is 1. The SMILES string of the molecule is COc1cccc(C(=O)Cc2ccccn2)c1F. The Bertz CT molecular complexity index is 555. The Morgan fingerprint density at radius 2 is 2.11 bits per heavy atom. The summed E-state index contributed by atoms with van der Waals surface area (Å²) < 4.78 is 18.7. The van der Waals surface area contributed by atoms with E-state index in [-0.39, 0.29) is 23.5 Å². The van der Waals surface area contributed by atoms with Crippen LogP contribution >= 0.6 is 0 Å². The predicted molar refractivity (Wildman–Crippen MR) is 65.2 cm³/mol. The summed E-state index contributed by atoms with van der Waals surface area (Å²) >= 11 is 0. The fourth-order valence-electron chi connectivity index (χ4n) is 1.65. The number of Topliss-reactive ketones (excluding diaryl/α,β-unsaturated/α-hetero) is 1. The maximum atomic E-state index is 13.9. The lowest BCUT2D eigenvalue weighted by atomic mass is 10.1. The zero-order chi connectivity index (χ0) is 13.0. The maximum Gasteiger partial charge on any atom is 0.175 e. The number of nitrogens with zero attached hydrogens (tertiary/aromatic N) is 1. The molecule has 0 atom stereocenters. The van der Waals surface area contributed by atoms with Gasteiger partial charge in [0.1, 0.15) is 0 Å². The Labute approximate surface area is 104 Å². The topological polar surface area (TPSA) is 39.2 Å². The molecule has 0 N–H and O–H groups in total. The van der Waals surface area contributed by atoms with Crippen LogP contribution in [0.4, 0.5) is 4.39 Å². The molecule has 0 saturated heterocycles. The van der Waals surface area contributed by atoms with Gasteiger partial charge in [-0.05, 0) is 24.3 Å². The zero-order valence-corrected chi connectivity index (χ0v) is 9.89. The third-order valence-corrected chi connectivity index (χ3v) is 2.55. The van der Waals surface area contributed by atoms with Crippen LogP contribution in [0.25, 0.3) is 0 Å². The molecule has 0 bridgehead atoms. The van der Waals surface area contributed by atoms with Gasteiger partial charge in [0.2, 0.25) is 0 Å². The van der Waals surface area contributed by atoms with Crippen molar-refractivity contribution in [2.24, 2.45) is 0 Å². The van der Waals surface area contributed by atoms with Crippen LogP contribution < -0.4 is 4.74 Å². The van der Waals surface area contributed by atoms with Crippen molar-refractivity contribution in [3.05, 3.63) is 59.7 Å². The smallest absolute Gasteiger partial charge is 0.175 e. The van der Waals surface area contributed by atoms with E-state index in [0.29, 0.717) is 5.69 Å². The number of carbonyl (C=O) groups is 1. The summed E-state index contributed by atoms with van der Waals surface area (Å²) in [5.74, 6) is -0.868. The van der Waals surface area contributed by atoms with Crippen LogP contribution in [0.5, 0.6) is 5.75 Å². The molecule has 0 spiro atoms. The van der Waals surface area contributed by atoms with Crippen LogP contribution in [0.1, 0.15) is 16.1 Å². The van der Waals surface area contributed by atoms with Crippen molar-refractivity contribution >= 4 is 5.78 Å². The Kier molecular flexibility index (Phi) is 3.67. The van der Waals surface area contributed by atoms with Gasteiger partial charge in [-0.15, -0.1) is 0 Å². The van der Waals surface area contributed by atoms with Gasteiger partial charge in [-0.1, -0.05) is 12.1 Å². The van der Waals surface area contributed by atoms with Gasteiger partial charge in [-0.3, -0.25) is 9.78 Å². The molecule has 1 heterocycles. The Balaban J connectivity index is 2.24. The van der Waals surface area contributed by atoms with E-state index in [1.54, 1.807) is 30.5 Å². The summed E-state index contributed by atoms with van der Waals surface area (Å²) in [6, 6.07) is 9.80. The first-order chi connectivity index (χ1) is 8.72. The van der Waals surface area contributed by atoms with E-state index in [4.69, 9.17) is 4.74 Å². The lowest BCUT2D eigenvalue weighted by Gasteiger charge is -2.06. The van der Waals surface area contributed by atoms with Crippen LogP contribution in [0.3, 0.4) is 0 Å². The summed E-state index contributed by atoms with van der Waals surface area (Å²) in [5, 5.41) is 0. The molecule has 0 unspecified atom stereocenters. The molecule has 0 amide bonds. The number of hydrogen-bond donors (Lipinski definition) is 0. The van der Waals surface area contributed by atoms with Crippen molar-refractivity contribution in [2.75, 3.05) is 7.11 Å². The first-order valence-electron chi connectivity index (χ1n) is 5.48. The minimum atomic E-state index is -0.624. The second-order valence-corrected chi connectivity index (χ2v) is 3.74. The summed E-state index contributed by atoms with van der Waals surface area (Å²) in [6.07, 6.45) is 1.68. The fourth-order valence-corrected chi connectivity index (χ4v) is 1.65. The highest BCUT2D eigenvalue weighted by atomic mass is 19.1. The summed E-state index contributed by atoms with van der Waals surface area (Å²) in [6.45, 7) is 0. The van der Waals surface area contributed by atoms with Gasteiger partial charge in [0, 0.05) is 11.9 Å². The van der Waals surface area contributed by atoms with Gasteiger partial charge in [0.15, 0.2) is 17.3 Å². The number of pyridine rings is 1. The van der Waals surface area contributed by atoms with Crippen LogP contribution in [0.15, 0.2) is 42.6 Å². The lowest BCUT2D eigenvalue weighted by Crippen LogP contribution is -2.08. The van der Waals surface area contributed by atoms with E-state index in [1.807, 2.05) is 0 Å². The Morgan fingerprint density at radius 3 is 2.78 bits per heavy atom. The van der Waals surface area contributed by atoms with Gasteiger partial charge >= 0.3 is 0 Å². The second kappa shape index (κ2) is 5.40. The maximum absolute atomic E-state index is 13.9. The van der Waals surface area contributed by atoms with Gasteiger partial charge in [-0.2, -0.15) is 0 Å². The number of halogens is 1. The average molecular weight is 245 g/mol. The molecule has 3 nitrogen and oxygen atoms in total. The number of rotatable bonds is 4. The van der Waals surface area contributed by atoms with Gasteiger partial charge in [-0.25, -0.2) is 4.39 Å². The highest BCUT2D eigenvalue weighted by Crippen LogP contribution is 2.21. The van der Waals surface area contributed by atoms with E-state index in [2.05, 4.69) is 4.98 Å². The Morgan fingerprint density at radius 1 is 1.28 bits per heavy atom. The number of benzene rings is 1. The third-order valence-electron chi connectivity index (χ3n) is 2.55. The molecule has 0 aliphatic heterocycles. The molecule has 0 aliphatic rings. The second-order valence-electron chi connectivity index (χ2n) is 3.74. The zero-order valence-electron chi connectivity index (χ0n) is 9.89. The first-order valence-corrected chi connectivity index (χ1v) is 5.48. The van der Waals surface area contributed by atoms with E-state index in [0.717, 1.165) is 0 Å². The highest BCUT2D eigenvalue weighted by Gasteiger charge is 2.15. The number of ether oxygens (including phenoxy) is 1. The fraction of sp³-hybridized carbons (Fsp3) is 0.143. The minimum Gasteiger partial charge on any atom is -0.494 e. The summed E-state index contributed by atoms with van der Waals surface area (Å²) in [5.41, 5.74) is 0.643. The first kappa shape index (κ1) is 12.2. The molecule has 0 aliphatic carbocycles.